The molecule has 296 valence electrons. The topological polar surface area (TPSA) is 106 Å². The van der Waals surface area contributed by atoms with E-state index >= 15 is 8.78 Å². The zero-order chi connectivity index (χ0) is 39.3. The highest BCUT2D eigenvalue weighted by atomic mass is 19.3. The summed E-state index contributed by atoms with van der Waals surface area (Å²) in [4.78, 5) is 30.2. The van der Waals surface area contributed by atoms with Crippen LogP contribution in [0, 0.1) is 11.8 Å². The molecule has 4 atom stereocenters. The third-order valence-corrected chi connectivity index (χ3v) is 10.7. The highest BCUT2D eigenvalue weighted by Gasteiger charge is 2.37. The Hall–Kier alpha value is -4.18. The molecule has 0 radical (unpaired) electrons. The SMILES string of the molecule is C/C=C(\C=C1/CC(/C=C\C/C(N)=C/NCN(CC)C[C@H](C)CC)=CC1(F)F)C1C=c2[nH]c(C(CCC)N(CCC)C(=O)C(CC)c3ccc[nH]3)nc2=CC1. The number of nitrogens with one attached hydrogen (secondary N) is 3. The molecule has 2 aliphatic rings. The molecule has 2 aromatic heterocycles. The Morgan fingerprint density at radius 2 is 1.98 bits per heavy atom. The van der Waals surface area contributed by atoms with E-state index in [1.165, 1.54) is 0 Å². The number of imidazole rings is 1. The second-order valence-electron chi connectivity index (χ2n) is 14.9. The predicted octanol–water partition coefficient (Wildman–Crippen LogP) is 8.09. The largest absolute Gasteiger partial charge is 0.401 e. The first-order valence-electron chi connectivity index (χ1n) is 20.2. The van der Waals surface area contributed by atoms with Crippen molar-refractivity contribution in [1.29, 1.82) is 0 Å². The molecular formula is C44H65F2N7O. The van der Waals surface area contributed by atoms with Gasteiger partial charge in [0.15, 0.2) is 0 Å². The van der Waals surface area contributed by atoms with Crippen molar-refractivity contribution in [1.82, 2.24) is 30.1 Å². The van der Waals surface area contributed by atoms with Crippen molar-refractivity contribution in [2.45, 2.75) is 118 Å². The number of carbonyl (C=O) groups excluding carboxylic acids is 1. The lowest BCUT2D eigenvalue weighted by atomic mass is 9.90. The van der Waals surface area contributed by atoms with Gasteiger partial charge in [0.1, 0.15) is 5.82 Å². The monoisotopic (exact) mass is 746 g/mol. The van der Waals surface area contributed by atoms with Crippen LogP contribution in [0.2, 0.25) is 0 Å². The molecule has 2 aromatic rings. The van der Waals surface area contributed by atoms with E-state index in [0.717, 1.165) is 79.3 Å². The van der Waals surface area contributed by atoms with Crippen molar-refractivity contribution in [2.75, 3.05) is 26.3 Å². The molecule has 0 aromatic carbocycles. The van der Waals surface area contributed by atoms with E-state index in [9.17, 15) is 4.79 Å². The van der Waals surface area contributed by atoms with E-state index < -0.39 is 5.92 Å². The Bertz CT molecular complexity index is 1780. The van der Waals surface area contributed by atoms with Gasteiger partial charge in [-0.2, -0.15) is 8.78 Å². The van der Waals surface area contributed by atoms with Crippen LogP contribution in [0.4, 0.5) is 8.78 Å². The number of nitrogens with zero attached hydrogens (tertiary/aromatic N) is 3. The van der Waals surface area contributed by atoms with Crippen molar-refractivity contribution < 1.29 is 13.6 Å². The van der Waals surface area contributed by atoms with Gasteiger partial charge in [0.2, 0.25) is 5.91 Å². The fraction of sp³-hybridized carbons (Fsp3) is 0.545. The van der Waals surface area contributed by atoms with Gasteiger partial charge in [-0.15, -0.1) is 0 Å². The Morgan fingerprint density at radius 1 is 1.19 bits per heavy atom. The van der Waals surface area contributed by atoms with Crippen LogP contribution in [0.15, 0.2) is 77.3 Å². The number of aromatic nitrogens is 3. The van der Waals surface area contributed by atoms with Crippen LogP contribution < -0.4 is 21.7 Å². The molecule has 8 nitrogen and oxygen atoms in total. The molecule has 0 bridgehead atoms. The number of amides is 1. The van der Waals surface area contributed by atoms with Crippen LogP contribution in [0.5, 0.6) is 0 Å². The summed E-state index contributed by atoms with van der Waals surface area (Å²) in [6.45, 7) is 18.1. The van der Waals surface area contributed by atoms with Crippen LogP contribution in [-0.2, 0) is 4.79 Å². The van der Waals surface area contributed by atoms with E-state index in [2.05, 4.69) is 67.0 Å². The number of hydrogen-bond donors (Lipinski definition) is 4. The van der Waals surface area contributed by atoms with Gasteiger partial charge >= 0.3 is 0 Å². The summed E-state index contributed by atoms with van der Waals surface area (Å²) in [5.74, 6) is -1.85. The van der Waals surface area contributed by atoms with Gasteiger partial charge < -0.3 is 25.9 Å². The molecule has 5 N–H and O–H groups in total. The zero-order valence-electron chi connectivity index (χ0n) is 33.7. The van der Waals surface area contributed by atoms with Gasteiger partial charge in [-0.3, -0.25) is 9.69 Å². The van der Waals surface area contributed by atoms with E-state index in [1.807, 2.05) is 55.4 Å². The van der Waals surface area contributed by atoms with Crippen LogP contribution in [0.3, 0.4) is 0 Å². The second kappa shape index (κ2) is 20.5. The number of hydrogen-bond acceptors (Lipinski definition) is 5. The molecule has 0 aliphatic heterocycles. The highest BCUT2D eigenvalue weighted by Crippen LogP contribution is 2.40. The molecule has 0 saturated carbocycles. The molecule has 2 aliphatic carbocycles. The van der Waals surface area contributed by atoms with Gasteiger partial charge in [0, 0.05) is 54.8 Å². The maximum absolute atomic E-state index is 15.4. The van der Waals surface area contributed by atoms with Crippen molar-refractivity contribution in [3.05, 3.63) is 99.5 Å². The minimum atomic E-state index is -3.03. The highest BCUT2D eigenvalue weighted by molar-refractivity contribution is 5.83. The summed E-state index contributed by atoms with van der Waals surface area (Å²) in [5, 5.41) is 5.02. The van der Waals surface area contributed by atoms with Crippen molar-refractivity contribution in [3.8, 4) is 0 Å². The lowest BCUT2D eigenvalue weighted by Crippen LogP contribution is -2.39. The van der Waals surface area contributed by atoms with Gasteiger partial charge in [0.05, 0.1) is 29.3 Å². The fourth-order valence-corrected chi connectivity index (χ4v) is 7.42. The number of H-pyrrole nitrogens is 2. The molecular weight excluding hydrogens is 681 g/mol. The van der Waals surface area contributed by atoms with E-state index in [0.29, 0.717) is 43.0 Å². The first-order valence-corrected chi connectivity index (χ1v) is 20.2. The van der Waals surface area contributed by atoms with Crippen LogP contribution >= 0.6 is 0 Å². The van der Waals surface area contributed by atoms with Gasteiger partial charge in [0.25, 0.3) is 5.92 Å². The molecule has 1 amide bonds. The quantitative estimate of drug-likeness (QED) is 0.0968. The average molecular weight is 746 g/mol. The smallest absolute Gasteiger partial charge is 0.288 e. The molecule has 54 heavy (non-hydrogen) atoms. The lowest BCUT2D eigenvalue weighted by molar-refractivity contribution is -0.136. The number of alkyl halides is 2. The summed E-state index contributed by atoms with van der Waals surface area (Å²) < 4.78 is 30.7. The molecule has 3 unspecified atom stereocenters. The fourth-order valence-electron chi connectivity index (χ4n) is 7.42. The Kier molecular flexibility index (Phi) is 16.1. The molecule has 10 heteroatoms. The van der Waals surface area contributed by atoms with E-state index in [1.54, 1.807) is 12.2 Å². The second-order valence-corrected chi connectivity index (χ2v) is 14.9. The molecule has 0 fully saturated rings. The number of aromatic amines is 2. The summed E-state index contributed by atoms with van der Waals surface area (Å²) in [7, 11) is 0. The lowest BCUT2D eigenvalue weighted by Gasteiger charge is -2.33. The number of fused-ring (bicyclic) bond motifs is 1. The summed E-state index contributed by atoms with van der Waals surface area (Å²) >= 11 is 0. The van der Waals surface area contributed by atoms with Crippen LogP contribution in [0.25, 0.3) is 12.2 Å². The number of allylic oxidation sites excluding steroid dienone is 8. The summed E-state index contributed by atoms with van der Waals surface area (Å²) in [6, 6.07) is 3.72. The predicted molar refractivity (Wildman–Crippen MR) is 219 cm³/mol. The van der Waals surface area contributed by atoms with Crippen molar-refractivity contribution in [2.24, 2.45) is 17.6 Å². The van der Waals surface area contributed by atoms with Crippen LogP contribution in [0.1, 0.15) is 123 Å². The number of nitrogens with two attached hydrogens (primary N) is 1. The van der Waals surface area contributed by atoms with Crippen molar-refractivity contribution >= 4 is 18.1 Å². The maximum atomic E-state index is 15.4. The zero-order valence-corrected chi connectivity index (χ0v) is 33.7. The van der Waals surface area contributed by atoms with E-state index in [-0.39, 0.29) is 35.8 Å². The number of carbonyl (C=O) groups is 1. The number of halogens is 2. The normalized spacial score (nSPS) is 19.7. The third kappa shape index (κ3) is 11.2. The molecule has 0 saturated heterocycles. The Labute approximate surface area is 322 Å². The van der Waals surface area contributed by atoms with Crippen molar-refractivity contribution in [3.63, 3.8) is 0 Å². The van der Waals surface area contributed by atoms with Gasteiger partial charge in [-0.05, 0) is 80.8 Å². The van der Waals surface area contributed by atoms with E-state index in [4.69, 9.17) is 10.7 Å². The first kappa shape index (κ1) is 42.6. The summed E-state index contributed by atoms with van der Waals surface area (Å²) in [5.41, 5.74) is 9.32. The minimum Gasteiger partial charge on any atom is -0.401 e. The minimum absolute atomic E-state index is 0.0831. The maximum Gasteiger partial charge on any atom is 0.288 e. The first-order chi connectivity index (χ1) is 26.0. The molecule has 4 rings (SSSR count). The Balaban J connectivity index is 1.45. The van der Waals surface area contributed by atoms with Crippen LogP contribution in [-0.4, -0.2) is 62.9 Å². The third-order valence-electron chi connectivity index (χ3n) is 10.7. The standard InChI is InChI=1S/C44H65F2N7O/c1-8-16-41(53(23-9-2)43(54)37(12-5)38-19-15-22-49-38)42-50-39-21-20-34(26-40(39)51-42)33(11-4)25-35-24-32(27-44(35,45)46)17-14-18-36(47)28-48-30-52(13-6)29-31(7)10-3/h11,14-15,17,19,21-22,25-28,31,34,37,41,48-49H,8-10,12-13,16,18,20,23-24,29-30,47H2,1-7H3,(H,50,51)/b17-14-,33-11+,35-25+,36-28-/t31-,34?,37?,41?/m1/s1. The summed E-state index contributed by atoms with van der Waals surface area (Å²) in [6.07, 6.45) is 21.8. The Morgan fingerprint density at radius 3 is 2.63 bits per heavy atom. The van der Waals surface area contributed by atoms with Gasteiger partial charge in [-0.1, -0.05) is 90.8 Å². The number of rotatable bonds is 21. The average Bonchev–Trinajstić information content (AvgIpc) is 3.90. The molecule has 2 heterocycles. The molecule has 0 spiro atoms. The van der Waals surface area contributed by atoms with Gasteiger partial charge in [-0.25, -0.2) is 4.98 Å².